The number of hydrogen-bond donors (Lipinski definition) is 1. The van der Waals surface area contributed by atoms with E-state index < -0.39 is 12.3 Å². The third kappa shape index (κ3) is 4.15. The Balaban J connectivity index is 1.91. The molecule has 0 aliphatic carbocycles. The number of alkyl halides is 2. The minimum absolute atomic E-state index is 0.227. The SMILES string of the molecule is Cc1cc(C(F)F)nn1CC(=O)N/N=C\c1ccc(F)s1. The van der Waals surface area contributed by atoms with Crippen LogP contribution in [0.1, 0.15) is 22.7 Å². The van der Waals surface area contributed by atoms with Crippen molar-refractivity contribution in [3.8, 4) is 0 Å². The van der Waals surface area contributed by atoms with Gasteiger partial charge < -0.3 is 0 Å². The van der Waals surface area contributed by atoms with E-state index in [1.165, 1.54) is 24.4 Å². The van der Waals surface area contributed by atoms with Gasteiger partial charge in [-0.1, -0.05) is 0 Å². The highest BCUT2D eigenvalue weighted by molar-refractivity contribution is 7.12. The molecule has 1 amide bonds. The van der Waals surface area contributed by atoms with Gasteiger partial charge >= 0.3 is 0 Å². The number of aromatic nitrogens is 2. The molecule has 0 aromatic carbocycles. The number of nitrogens with one attached hydrogen (secondary N) is 1. The Kier molecular flexibility index (Phi) is 4.73. The predicted molar refractivity (Wildman–Crippen MR) is 71.9 cm³/mol. The lowest BCUT2D eigenvalue weighted by molar-refractivity contribution is -0.121. The molecule has 0 bridgehead atoms. The number of carbonyl (C=O) groups is 1. The first kappa shape index (κ1) is 15.2. The number of rotatable bonds is 5. The van der Waals surface area contributed by atoms with Crippen LogP contribution in [0, 0.1) is 12.1 Å². The minimum atomic E-state index is -2.68. The van der Waals surface area contributed by atoms with Crippen molar-refractivity contribution in [2.45, 2.75) is 19.9 Å². The molecule has 2 aromatic heterocycles. The van der Waals surface area contributed by atoms with Gasteiger partial charge in [-0.05, 0) is 25.1 Å². The Hall–Kier alpha value is -2.16. The summed E-state index contributed by atoms with van der Waals surface area (Å²) in [6.07, 6.45) is -1.38. The van der Waals surface area contributed by atoms with Crippen molar-refractivity contribution in [1.29, 1.82) is 0 Å². The van der Waals surface area contributed by atoms with Crippen LogP contribution < -0.4 is 5.43 Å². The number of carbonyl (C=O) groups excluding carboxylic acids is 1. The van der Waals surface area contributed by atoms with Gasteiger partial charge in [0.2, 0.25) is 0 Å². The number of hydrazone groups is 1. The molecule has 0 spiro atoms. The number of nitrogens with zero attached hydrogens (tertiary/aromatic N) is 3. The minimum Gasteiger partial charge on any atom is -0.271 e. The molecule has 112 valence electrons. The van der Waals surface area contributed by atoms with Crippen LogP contribution in [-0.4, -0.2) is 21.9 Å². The molecule has 2 rings (SSSR count). The second-order valence-electron chi connectivity index (χ2n) is 4.10. The normalized spacial score (nSPS) is 11.5. The fourth-order valence-electron chi connectivity index (χ4n) is 1.54. The van der Waals surface area contributed by atoms with E-state index in [0.29, 0.717) is 10.6 Å². The molecule has 0 fully saturated rings. The summed E-state index contributed by atoms with van der Waals surface area (Å²) in [6, 6.07) is 4.02. The van der Waals surface area contributed by atoms with Gasteiger partial charge in [-0.15, -0.1) is 11.3 Å². The molecule has 0 unspecified atom stereocenters. The molecule has 5 nitrogen and oxygen atoms in total. The number of amides is 1. The molecule has 0 saturated carbocycles. The van der Waals surface area contributed by atoms with E-state index in [1.807, 2.05) is 0 Å². The van der Waals surface area contributed by atoms with Gasteiger partial charge in [-0.25, -0.2) is 14.2 Å². The molecule has 9 heteroatoms. The van der Waals surface area contributed by atoms with Crippen LogP contribution >= 0.6 is 11.3 Å². The van der Waals surface area contributed by atoms with Gasteiger partial charge in [-0.3, -0.25) is 9.48 Å². The molecule has 0 aliphatic heterocycles. The third-order valence-corrected chi connectivity index (χ3v) is 3.30. The van der Waals surface area contributed by atoms with Crippen molar-refractivity contribution >= 4 is 23.5 Å². The second-order valence-corrected chi connectivity index (χ2v) is 5.17. The molecular weight excluding hydrogens is 305 g/mol. The summed E-state index contributed by atoms with van der Waals surface area (Å²) >= 11 is 0.884. The standard InChI is InChI=1S/C12H11F3N4OS/c1-7-4-9(12(14)15)18-19(7)6-11(20)17-16-5-8-2-3-10(13)21-8/h2-5,12H,6H2,1H3,(H,17,20)/b16-5-. The van der Waals surface area contributed by atoms with E-state index in [1.54, 1.807) is 6.92 Å². The molecule has 2 aromatic rings. The summed E-state index contributed by atoms with van der Waals surface area (Å²) in [5.41, 5.74) is 2.29. The van der Waals surface area contributed by atoms with Gasteiger partial charge in [0.25, 0.3) is 12.3 Å². The third-order valence-electron chi connectivity index (χ3n) is 2.49. The number of halogens is 3. The van der Waals surface area contributed by atoms with Crippen molar-refractivity contribution in [2.75, 3.05) is 0 Å². The lowest BCUT2D eigenvalue weighted by atomic mass is 10.4. The van der Waals surface area contributed by atoms with Gasteiger partial charge in [0.1, 0.15) is 12.2 Å². The first-order chi connectivity index (χ1) is 9.95. The quantitative estimate of drug-likeness (QED) is 0.680. The fourth-order valence-corrected chi connectivity index (χ4v) is 2.14. The molecule has 2 heterocycles. The maximum atomic E-state index is 12.7. The van der Waals surface area contributed by atoms with Crippen LogP contribution in [0.15, 0.2) is 23.3 Å². The molecule has 1 N–H and O–H groups in total. The molecular formula is C12H11F3N4OS. The second kappa shape index (κ2) is 6.53. The zero-order valence-corrected chi connectivity index (χ0v) is 11.7. The molecule has 0 aliphatic rings. The summed E-state index contributed by atoms with van der Waals surface area (Å²) in [4.78, 5) is 12.1. The Morgan fingerprint density at radius 3 is 2.90 bits per heavy atom. The average Bonchev–Trinajstić information content (AvgIpc) is 2.97. The maximum Gasteiger partial charge on any atom is 0.282 e. The largest absolute Gasteiger partial charge is 0.282 e. The summed E-state index contributed by atoms with van der Waals surface area (Å²) < 4.78 is 38.8. The summed E-state index contributed by atoms with van der Waals surface area (Å²) in [6.45, 7) is 1.35. The van der Waals surface area contributed by atoms with E-state index in [0.717, 1.165) is 16.0 Å². The van der Waals surface area contributed by atoms with Crippen molar-refractivity contribution in [2.24, 2.45) is 5.10 Å². The van der Waals surface area contributed by atoms with E-state index >= 15 is 0 Å². The van der Waals surface area contributed by atoms with Gasteiger partial charge in [0.15, 0.2) is 5.13 Å². The van der Waals surface area contributed by atoms with Crippen LogP contribution in [-0.2, 0) is 11.3 Å². The van der Waals surface area contributed by atoms with Gasteiger partial charge in [0.05, 0.1) is 11.1 Å². The topological polar surface area (TPSA) is 59.3 Å². The van der Waals surface area contributed by atoms with E-state index in [-0.39, 0.29) is 17.4 Å². The van der Waals surface area contributed by atoms with Crippen molar-refractivity contribution < 1.29 is 18.0 Å². The van der Waals surface area contributed by atoms with Crippen LogP contribution in [0.4, 0.5) is 13.2 Å². The van der Waals surface area contributed by atoms with Crippen LogP contribution in [0.3, 0.4) is 0 Å². The molecule has 21 heavy (non-hydrogen) atoms. The Bertz CT molecular complexity index is 665. The van der Waals surface area contributed by atoms with E-state index in [4.69, 9.17) is 0 Å². The lowest BCUT2D eigenvalue weighted by Crippen LogP contribution is -2.24. The van der Waals surface area contributed by atoms with Crippen molar-refractivity contribution in [3.05, 3.63) is 39.6 Å². The smallest absolute Gasteiger partial charge is 0.271 e. The Morgan fingerprint density at radius 2 is 2.33 bits per heavy atom. The first-order valence-corrected chi connectivity index (χ1v) is 6.67. The summed E-state index contributed by atoms with van der Waals surface area (Å²) in [5.74, 6) is -0.518. The van der Waals surface area contributed by atoms with Gasteiger partial charge in [0, 0.05) is 5.69 Å². The van der Waals surface area contributed by atoms with Crippen LogP contribution in [0.2, 0.25) is 0 Å². The highest BCUT2D eigenvalue weighted by atomic mass is 32.1. The predicted octanol–water partition coefficient (Wildman–Crippen LogP) is 2.48. The zero-order valence-electron chi connectivity index (χ0n) is 10.9. The average molecular weight is 316 g/mol. The van der Waals surface area contributed by atoms with Crippen LogP contribution in [0.5, 0.6) is 0 Å². The molecule has 0 atom stereocenters. The maximum absolute atomic E-state index is 12.7. The Morgan fingerprint density at radius 1 is 1.57 bits per heavy atom. The Labute approximate surface area is 122 Å². The lowest BCUT2D eigenvalue weighted by Gasteiger charge is -2.02. The number of aryl methyl sites for hydroxylation is 1. The fraction of sp³-hybridized carbons (Fsp3) is 0.250. The number of hydrogen-bond acceptors (Lipinski definition) is 4. The van der Waals surface area contributed by atoms with E-state index in [9.17, 15) is 18.0 Å². The monoisotopic (exact) mass is 316 g/mol. The molecule has 0 saturated heterocycles. The van der Waals surface area contributed by atoms with Crippen molar-refractivity contribution in [1.82, 2.24) is 15.2 Å². The van der Waals surface area contributed by atoms with Gasteiger partial charge in [-0.2, -0.15) is 14.6 Å². The van der Waals surface area contributed by atoms with Crippen LogP contribution in [0.25, 0.3) is 0 Å². The first-order valence-electron chi connectivity index (χ1n) is 5.85. The highest BCUT2D eigenvalue weighted by Gasteiger charge is 2.14. The van der Waals surface area contributed by atoms with E-state index in [2.05, 4.69) is 15.6 Å². The zero-order chi connectivity index (χ0) is 15.4. The molecule has 0 radical (unpaired) electrons. The highest BCUT2D eigenvalue weighted by Crippen LogP contribution is 2.17. The van der Waals surface area contributed by atoms with Crippen molar-refractivity contribution in [3.63, 3.8) is 0 Å². The summed E-state index contributed by atoms with van der Waals surface area (Å²) in [7, 11) is 0. The summed E-state index contributed by atoms with van der Waals surface area (Å²) in [5, 5.41) is 6.93. The number of thiophene rings is 1.